The lowest BCUT2D eigenvalue weighted by Gasteiger charge is -2.50. The summed E-state index contributed by atoms with van der Waals surface area (Å²) < 4.78 is 10.3. The van der Waals surface area contributed by atoms with Gasteiger partial charge in [0.1, 0.15) is 18.5 Å². The van der Waals surface area contributed by atoms with Crippen molar-refractivity contribution in [2.45, 2.75) is 32.9 Å². The number of β-lactam (4-membered cyclic amide) rings is 1. The Kier molecular flexibility index (Phi) is 3.21. The normalized spacial score (nSPS) is 27.1. The van der Waals surface area contributed by atoms with E-state index in [1.54, 1.807) is 6.92 Å². The van der Waals surface area contributed by atoms with Gasteiger partial charge in [-0.2, -0.15) is 0 Å². The molecule has 1 saturated heterocycles. The van der Waals surface area contributed by atoms with Crippen molar-refractivity contribution in [2.24, 2.45) is 5.92 Å². The molecular weight excluding hydrogens is 254 g/mol. The molecule has 1 fully saturated rings. The number of nitrogens with zero attached hydrogens (tertiary/aromatic N) is 1. The Balaban J connectivity index is 2.20. The smallest absolute Gasteiger partial charge is 0.356 e. The average Bonchev–Trinajstić information content (AvgIpc) is 2.28. The summed E-state index contributed by atoms with van der Waals surface area (Å²) in [6.45, 7) is 4.61. The molecule has 7 heteroatoms. The first-order chi connectivity index (χ1) is 8.84. The van der Waals surface area contributed by atoms with Crippen molar-refractivity contribution in [1.29, 1.82) is 0 Å². The second kappa shape index (κ2) is 4.56. The van der Waals surface area contributed by atoms with Gasteiger partial charge in [0.15, 0.2) is 5.70 Å². The quantitative estimate of drug-likeness (QED) is 0.577. The van der Waals surface area contributed by atoms with Gasteiger partial charge in [-0.1, -0.05) is 0 Å². The molecule has 2 heterocycles. The van der Waals surface area contributed by atoms with Gasteiger partial charge < -0.3 is 14.6 Å². The predicted octanol–water partition coefficient (Wildman–Crippen LogP) is 0.111. The van der Waals surface area contributed by atoms with Gasteiger partial charge in [0.05, 0.1) is 12.0 Å². The summed E-state index contributed by atoms with van der Waals surface area (Å²) in [6.07, 6.45) is -0.594. The maximum atomic E-state index is 12.1. The number of carbonyl (C=O) groups excluding carboxylic acids is 2. The van der Waals surface area contributed by atoms with E-state index in [1.807, 2.05) is 0 Å². The molecule has 1 amide bonds. The number of ether oxygens (including phenoxy) is 2. The summed E-state index contributed by atoms with van der Waals surface area (Å²) in [7, 11) is 0. The van der Waals surface area contributed by atoms with Crippen LogP contribution in [0.3, 0.4) is 0 Å². The fourth-order valence-corrected chi connectivity index (χ4v) is 2.57. The molecule has 0 aromatic heterocycles. The van der Waals surface area contributed by atoms with Crippen molar-refractivity contribution in [3.63, 3.8) is 0 Å². The molecule has 104 valence electrons. The van der Waals surface area contributed by atoms with Gasteiger partial charge in [0, 0.05) is 6.92 Å². The number of hydrogen-bond acceptors (Lipinski definition) is 5. The summed E-state index contributed by atoms with van der Waals surface area (Å²) >= 11 is 0. The first kappa shape index (κ1) is 13.4. The van der Waals surface area contributed by atoms with Crippen LogP contribution in [0.15, 0.2) is 11.5 Å². The zero-order chi connectivity index (χ0) is 14.3. The fraction of sp³-hybridized carbons (Fsp3) is 0.583. The van der Waals surface area contributed by atoms with Gasteiger partial charge in [-0.15, -0.1) is 0 Å². The first-order valence-electron chi connectivity index (χ1n) is 5.91. The molecule has 19 heavy (non-hydrogen) atoms. The number of carboxylic acids is 1. The molecule has 0 aromatic carbocycles. The standard InChI is InChI=1S/C12H15NO6/c1-5(19-7(3)14)9-8-4-18-6(2)10(12(16)17)13(8)11(9)15/h5,8-9H,4H2,1-3H3,(H,16,17)/t5-,8+,9+/m1/s1. The van der Waals surface area contributed by atoms with Gasteiger partial charge in [0.2, 0.25) is 5.91 Å². The zero-order valence-electron chi connectivity index (χ0n) is 10.9. The van der Waals surface area contributed by atoms with E-state index < -0.39 is 30.0 Å². The van der Waals surface area contributed by atoms with Crippen molar-refractivity contribution >= 4 is 17.8 Å². The number of esters is 1. The number of aliphatic carboxylic acids is 1. The van der Waals surface area contributed by atoms with Crippen LogP contribution in [0, 0.1) is 5.92 Å². The summed E-state index contributed by atoms with van der Waals surface area (Å²) in [5.74, 6) is -2.35. The highest BCUT2D eigenvalue weighted by Gasteiger charge is 2.56. The summed E-state index contributed by atoms with van der Waals surface area (Å²) in [5, 5.41) is 9.10. The molecule has 0 aromatic rings. The Labute approximate surface area is 109 Å². The van der Waals surface area contributed by atoms with E-state index in [-0.39, 0.29) is 24.0 Å². The Morgan fingerprint density at radius 1 is 1.53 bits per heavy atom. The molecule has 0 spiro atoms. The largest absolute Gasteiger partial charge is 0.494 e. The molecule has 2 rings (SSSR count). The highest BCUT2D eigenvalue weighted by molar-refractivity contribution is 5.98. The summed E-state index contributed by atoms with van der Waals surface area (Å²) in [6, 6.07) is -0.392. The first-order valence-corrected chi connectivity index (χ1v) is 5.91. The van der Waals surface area contributed by atoms with E-state index in [4.69, 9.17) is 14.6 Å². The van der Waals surface area contributed by atoms with Crippen LogP contribution in [0.2, 0.25) is 0 Å². The third kappa shape index (κ3) is 2.05. The van der Waals surface area contributed by atoms with Gasteiger partial charge >= 0.3 is 11.9 Å². The van der Waals surface area contributed by atoms with Crippen LogP contribution in [0.25, 0.3) is 0 Å². The molecule has 0 saturated carbocycles. The minimum Gasteiger partial charge on any atom is -0.494 e. The summed E-state index contributed by atoms with van der Waals surface area (Å²) in [5.41, 5.74) is -0.132. The van der Waals surface area contributed by atoms with Gasteiger partial charge in [-0.3, -0.25) is 14.5 Å². The monoisotopic (exact) mass is 269 g/mol. The predicted molar refractivity (Wildman–Crippen MR) is 61.6 cm³/mol. The lowest BCUT2D eigenvalue weighted by molar-refractivity contribution is -0.177. The van der Waals surface area contributed by atoms with Crippen molar-refractivity contribution in [3.05, 3.63) is 11.5 Å². The number of carbonyl (C=O) groups is 3. The molecular formula is C12H15NO6. The second-order valence-electron chi connectivity index (χ2n) is 4.64. The van der Waals surface area contributed by atoms with E-state index in [0.29, 0.717) is 0 Å². The number of allylic oxidation sites excluding steroid dienone is 1. The Bertz CT molecular complexity index is 483. The third-order valence-electron chi connectivity index (χ3n) is 3.37. The molecule has 3 atom stereocenters. The van der Waals surface area contributed by atoms with Crippen LogP contribution >= 0.6 is 0 Å². The molecule has 0 bridgehead atoms. The van der Waals surface area contributed by atoms with Crippen LogP contribution in [0.1, 0.15) is 20.8 Å². The Morgan fingerprint density at radius 3 is 2.68 bits per heavy atom. The van der Waals surface area contributed by atoms with Gasteiger partial charge in [-0.05, 0) is 13.8 Å². The van der Waals surface area contributed by atoms with Crippen molar-refractivity contribution < 1.29 is 29.0 Å². The van der Waals surface area contributed by atoms with Crippen molar-refractivity contribution in [2.75, 3.05) is 6.61 Å². The lowest BCUT2D eigenvalue weighted by Crippen LogP contribution is -2.67. The number of amides is 1. The maximum Gasteiger partial charge on any atom is 0.356 e. The number of rotatable bonds is 3. The van der Waals surface area contributed by atoms with Crippen molar-refractivity contribution in [1.82, 2.24) is 4.90 Å². The van der Waals surface area contributed by atoms with E-state index in [0.717, 1.165) is 0 Å². The van der Waals surface area contributed by atoms with E-state index in [9.17, 15) is 14.4 Å². The van der Waals surface area contributed by atoms with Crippen LogP contribution < -0.4 is 0 Å². The van der Waals surface area contributed by atoms with Crippen LogP contribution in [0.4, 0.5) is 0 Å². The minimum absolute atomic E-state index is 0.132. The maximum absolute atomic E-state index is 12.1. The minimum atomic E-state index is -1.20. The average molecular weight is 269 g/mol. The topological polar surface area (TPSA) is 93.1 Å². The van der Waals surface area contributed by atoms with E-state index in [2.05, 4.69) is 0 Å². The van der Waals surface area contributed by atoms with Crippen molar-refractivity contribution in [3.8, 4) is 0 Å². The fourth-order valence-electron chi connectivity index (χ4n) is 2.57. The lowest BCUT2D eigenvalue weighted by atomic mass is 9.82. The Morgan fingerprint density at radius 2 is 2.16 bits per heavy atom. The number of carboxylic acid groups (broad SMARTS) is 1. The van der Waals surface area contributed by atoms with E-state index >= 15 is 0 Å². The molecule has 0 aliphatic carbocycles. The highest BCUT2D eigenvalue weighted by Crippen LogP contribution is 2.38. The van der Waals surface area contributed by atoms with Crippen LogP contribution in [-0.4, -0.2) is 46.6 Å². The molecule has 2 aliphatic rings. The van der Waals surface area contributed by atoms with Gasteiger partial charge in [0.25, 0.3) is 0 Å². The van der Waals surface area contributed by atoms with Crippen LogP contribution in [0.5, 0.6) is 0 Å². The van der Waals surface area contributed by atoms with Crippen LogP contribution in [-0.2, 0) is 23.9 Å². The molecule has 2 aliphatic heterocycles. The van der Waals surface area contributed by atoms with Gasteiger partial charge in [-0.25, -0.2) is 4.79 Å². The summed E-state index contributed by atoms with van der Waals surface area (Å²) in [4.78, 5) is 35.3. The molecule has 0 radical (unpaired) electrons. The third-order valence-corrected chi connectivity index (χ3v) is 3.37. The molecule has 1 N–H and O–H groups in total. The number of hydrogen-bond donors (Lipinski definition) is 1. The van der Waals surface area contributed by atoms with E-state index in [1.165, 1.54) is 18.7 Å². The zero-order valence-corrected chi connectivity index (χ0v) is 10.9. The Hall–Kier alpha value is -2.05. The molecule has 7 nitrogen and oxygen atoms in total. The SMILES string of the molecule is CC(=O)O[C@H](C)[C@@H]1C(=O)N2C(C(=O)O)=C(C)OC[C@@H]12. The molecule has 0 unspecified atom stereocenters. The number of fused-ring (bicyclic) bond motifs is 1. The highest BCUT2D eigenvalue weighted by atomic mass is 16.5. The second-order valence-corrected chi connectivity index (χ2v) is 4.64.